The van der Waals surface area contributed by atoms with E-state index in [9.17, 15) is 4.57 Å². The molecule has 0 aromatic heterocycles. The SMILES string of the molecule is O=P(O)(O)Oc1ccc(-c2cc(-c3ccccc3)cc(-c3ccccc3)c2)cc1. The molecule has 0 atom stereocenters. The Labute approximate surface area is 169 Å². The standard InChI is InChI=1S/C24H19O4P/c25-29(26,27)28-24-13-11-20(12-14-24)23-16-21(18-7-3-1-4-8-18)15-22(17-23)19-9-5-2-6-10-19/h1-17H,(H2,25,26,27). The van der Waals surface area contributed by atoms with Gasteiger partial charge in [-0.15, -0.1) is 0 Å². The van der Waals surface area contributed by atoms with Gasteiger partial charge >= 0.3 is 7.82 Å². The van der Waals surface area contributed by atoms with Gasteiger partial charge in [-0.2, -0.15) is 0 Å². The lowest BCUT2D eigenvalue weighted by atomic mass is 9.93. The second-order valence-electron chi connectivity index (χ2n) is 6.64. The summed E-state index contributed by atoms with van der Waals surface area (Å²) in [6.45, 7) is 0. The molecule has 5 heteroatoms. The molecule has 0 amide bonds. The summed E-state index contributed by atoms with van der Waals surface area (Å²) >= 11 is 0. The first kappa shape index (κ1) is 19.2. The molecule has 0 saturated heterocycles. The minimum Gasteiger partial charge on any atom is -0.404 e. The van der Waals surface area contributed by atoms with Gasteiger partial charge in [0, 0.05) is 0 Å². The highest BCUT2D eigenvalue weighted by molar-refractivity contribution is 7.46. The first-order valence-corrected chi connectivity index (χ1v) is 10.6. The fourth-order valence-corrected chi connectivity index (χ4v) is 3.63. The van der Waals surface area contributed by atoms with Gasteiger partial charge in [0.15, 0.2) is 0 Å². The number of phosphoric acid groups is 1. The second kappa shape index (κ2) is 8.06. The summed E-state index contributed by atoms with van der Waals surface area (Å²) in [5, 5.41) is 0. The van der Waals surface area contributed by atoms with E-state index < -0.39 is 7.82 Å². The molecule has 0 bridgehead atoms. The third-order valence-corrected chi connectivity index (χ3v) is 5.01. The van der Waals surface area contributed by atoms with Crippen molar-refractivity contribution in [1.29, 1.82) is 0 Å². The summed E-state index contributed by atoms with van der Waals surface area (Å²) in [7, 11) is -4.57. The van der Waals surface area contributed by atoms with E-state index in [-0.39, 0.29) is 5.75 Å². The molecule has 2 N–H and O–H groups in total. The highest BCUT2D eigenvalue weighted by Gasteiger charge is 2.15. The number of hydrogen-bond acceptors (Lipinski definition) is 2. The minimum absolute atomic E-state index is 0.129. The van der Waals surface area contributed by atoms with Gasteiger partial charge in [-0.3, -0.25) is 9.79 Å². The van der Waals surface area contributed by atoms with Gasteiger partial charge in [-0.05, 0) is 63.7 Å². The van der Waals surface area contributed by atoms with Crippen molar-refractivity contribution < 1.29 is 18.9 Å². The van der Waals surface area contributed by atoms with Gasteiger partial charge < -0.3 is 4.52 Å². The monoisotopic (exact) mass is 402 g/mol. The van der Waals surface area contributed by atoms with Crippen molar-refractivity contribution >= 4 is 7.82 Å². The molecule has 0 radical (unpaired) electrons. The predicted octanol–water partition coefficient (Wildman–Crippen LogP) is 6.16. The van der Waals surface area contributed by atoms with Crippen molar-refractivity contribution in [2.45, 2.75) is 0 Å². The average Bonchev–Trinajstić information content (AvgIpc) is 2.74. The average molecular weight is 402 g/mol. The van der Waals surface area contributed by atoms with Crippen molar-refractivity contribution in [3.05, 3.63) is 103 Å². The Morgan fingerprint density at radius 1 is 0.517 bits per heavy atom. The summed E-state index contributed by atoms with van der Waals surface area (Å²) in [6.07, 6.45) is 0. The Morgan fingerprint density at radius 3 is 1.28 bits per heavy atom. The van der Waals surface area contributed by atoms with Crippen LogP contribution in [0.3, 0.4) is 0 Å². The lowest BCUT2D eigenvalue weighted by molar-refractivity contribution is 0.283. The molecule has 0 unspecified atom stereocenters. The zero-order chi connectivity index (χ0) is 20.3. The zero-order valence-corrected chi connectivity index (χ0v) is 16.4. The number of phosphoric ester groups is 1. The maximum atomic E-state index is 11.0. The Kier molecular flexibility index (Phi) is 5.32. The van der Waals surface area contributed by atoms with Gasteiger partial charge in [0.05, 0.1) is 0 Å². The van der Waals surface area contributed by atoms with Crippen molar-refractivity contribution in [2.24, 2.45) is 0 Å². The number of benzene rings is 4. The van der Waals surface area contributed by atoms with Gasteiger partial charge in [0.2, 0.25) is 0 Å². The maximum Gasteiger partial charge on any atom is 0.524 e. The molecule has 29 heavy (non-hydrogen) atoms. The Bertz CT molecular complexity index is 1090. The molecule has 0 aliphatic heterocycles. The fourth-order valence-electron chi connectivity index (χ4n) is 3.23. The smallest absolute Gasteiger partial charge is 0.404 e. The molecule has 4 nitrogen and oxygen atoms in total. The summed E-state index contributed by atoms with van der Waals surface area (Å²) in [6, 6.07) is 33.4. The lowest BCUT2D eigenvalue weighted by Gasteiger charge is -2.12. The van der Waals surface area contributed by atoms with Gasteiger partial charge in [0.1, 0.15) is 5.75 Å². The molecule has 0 heterocycles. The molecular formula is C24H19O4P. The van der Waals surface area contributed by atoms with Crippen LogP contribution in [-0.4, -0.2) is 9.79 Å². The molecule has 0 fully saturated rings. The van der Waals surface area contributed by atoms with E-state index >= 15 is 0 Å². The topological polar surface area (TPSA) is 66.8 Å². The van der Waals surface area contributed by atoms with Crippen molar-refractivity contribution in [1.82, 2.24) is 0 Å². The number of rotatable bonds is 5. The molecular weight excluding hydrogens is 383 g/mol. The molecule has 0 spiro atoms. The van der Waals surface area contributed by atoms with Crippen LogP contribution >= 0.6 is 7.82 Å². The molecule has 4 rings (SSSR count). The van der Waals surface area contributed by atoms with Crippen LogP contribution in [-0.2, 0) is 4.57 Å². The van der Waals surface area contributed by atoms with E-state index in [0.29, 0.717) is 0 Å². The van der Waals surface area contributed by atoms with Crippen LogP contribution in [0.4, 0.5) is 0 Å². The molecule has 0 aliphatic carbocycles. The van der Waals surface area contributed by atoms with E-state index in [0.717, 1.165) is 33.4 Å². The summed E-state index contributed by atoms with van der Waals surface area (Å²) in [5.74, 6) is 0.129. The predicted molar refractivity (Wildman–Crippen MR) is 115 cm³/mol. The van der Waals surface area contributed by atoms with E-state index in [1.54, 1.807) is 24.3 Å². The van der Waals surface area contributed by atoms with E-state index in [1.165, 1.54) is 0 Å². The first-order chi connectivity index (χ1) is 14.0. The largest absolute Gasteiger partial charge is 0.524 e. The van der Waals surface area contributed by atoms with Crippen LogP contribution in [0.25, 0.3) is 33.4 Å². The van der Waals surface area contributed by atoms with Crippen LogP contribution in [0.1, 0.15) is 0 Å². The minimum atomic E-state index is -4.57. The van der Waals surface area contributed by atoms with Crippen molar-refractivity contribution in [3.63, 3.8) is 0 Å². The summed E-state index contributed by atoms with van der Waals surface area (Å²) in [5.41, 5.74) is 6.36. The fraction of sp³-hybridized carbons (Fsp3) is 0. The van der Waals surface area contributed by atoms with Crippen molar-refractivity contribution in [3.8, 4) is 39.1 Å². The van der Waals surface area contributed by atoms with E-state index in [2.05, 4.69) is 47.0 Å². The zero-order valence-electron chi connectivity index (χ0n) is 15.5. The molecule has 4 aromatic rings. The van der Waals surface area contributed by atoms with Gasteiger partial charge in [-0.1, -0.05) is 72.8 Å². The Hall–Kier alpha value is -3.17. The summed E-state index contributed by atoms with van der Waals surface area (Å²) in [4.78, 5) is 17.9. The Balaban J connectivity index is 1.79. The maximum absolute atomic E-state index is 11.0. The van der Waals surface area contributed by atoms with Crippen LogP contribution < -0.4 is 4.52 Å². The van der Waals surface area contributed by atoms with Crippen LogP contribution in [0.15, 0.2) is 103 Å². The Morgan fingerprint density at radius 2 is 0.897 bits per heavy atom. The second-order valence-corrected chi connectivity index (χ2v) is 7.80. The van der Waals surface area contributed by atoms with Crippen molar-refractivity contribution in [2.75, 3.05) is 0 Å². The van der Waals surface area contributed by atoms with E-state index in [1.807, 2.05) is 36.4 Å². The van der Waals surface area contributed by atoms with Gasteiger partial charge in [0.25, 0.3) is 0 Å². The number of hydrogen-bond donors (Lipinski definition) is 2. The molecule has 0 saturated carbocycles. The first-order valence-electron chi connectivity index (χ1n) is 9.09. The van der Waals surface area contributed by atoms with Crippen LogP contribution in [0.2, 0.25) is 0 Å². The van der Waals surface area contributed by atoms with Crippen LogP contribution in [0.5, 0.6) is 5.75 Å². The molecule has 4 aromatic carbocycles. The molecule has 0 aliphatic rings. The normalized spacial score (nSPS) is 11.2. The quantitative estimate of drug-likeness (QED) is 0.393. The third-order valence-electron chi connectivity index (χ3n) is 4.56. The van der Waals surface area contributed by atoms with Crippen LogP contribution in [0, 0.1) is 0 Å². The highest BCUT2D eigenvalue weighted by Crippen LogP contribution is 2.38. The molecule has 144 valence electrons. The summed E-state index contributed by atoms with van der Waals surface area (Å²) < 4.78 is 15.7. The van der Waals surface area contributed by atoms with Gasteiger partial charge in [-0.25, -0.2) is 4.57 Å². The lowest BCUT2D eigenvalue weighted by Crippen LogP contribution is -1.90. The highest BCUT2D eigenvalue weighted by atomic mass is 31.2. The van der Waals surface area contributed by atoms with E-state index in [4.69, 9.17) is 9.79 Å². The third kappa shape index (κ3) is 4.82.